The van der Waals surface area contributed by atoms with Crippen molar-refractivity contribution in [3.8, 4) is 0 Å². The van der Waals surface area contributed by atoms with Crippen LogP contribution in [0.25, 0.3) is 0 Å². The van der Waals surface area contributed by atoms with Gasteiger partial charge in [0.1, 0.15) is 0 Å². The summed E-state index contributed by atoms with van der Waals surface area (Å²) < 4.78 is 5.61. The lowest BCUT2D eigenvalue weighted by atomic mass is 9.92. The zero-order valence-electron chi connectivity index (χ0n) is 8.18. The third-order valence-corrected chi connectivity index (χ3v) is 2.40. The van der Waals surface area contributed by atoms with Gasteiger partial charge < -0.3 is 10.5 Å². The number of nitrogens with two attached hydrogens (primary N) is 1. The highest BCUT2D eigenvalue weighted by molar-refractivity contribution is 4.84. The van der Waals surface area contributed by atoms with Gasteiger partial charge in [-0.1, -0.05) is 13.8 Å². The first-order chi connectivity index (χ1) is 5.10. The molecule has 0 aliphatic rings. The van der Waals surface area contributed by atoms with Crippen LogP contribution in [0.5, 0.6) is 0 Å². The van der Waals surface area contributed by atoms with Crippen LogP contribution >= 0.6 is 0 Å². The minimum Gasteiger partial charge on any atom is -0.374 e. The fourth-order valence-electron chi connectivity index (χ4n) is 1.23. The van der Waals surface area contributed by atoms with Gasteiger partial charge in [-0.05, 0) is 26.7 Å². The van der Waals surface area contributed by atoms with E-state index in [9.17, 15) is 0 Å². The first-order valence-corrected chi connectivity index (χ1v) is 4.50. The summed E-state index contributed by atoms with van der Waals surface area (Å²) in [5, 5.41) is 0. The second-order valence-electron chi connectivity index (χ2n) is 3.11. The number of hydrogen-bond donors (Lipinski definition) is 1. The maximum Gasteiger partial charge on any atom is 0.0801 e. The summed E-state index contributed by atoms with van der Waals surface area (Å²) in [6.07, 6.45) is 1.96. The Balaban J connectivity index is 4.07. The molecular formula is C9H21NO. The van der Waals surface area contributed by atoms with Crippen LogP contribution in [-0.4, -0.2) is 18.2 Å². The molecule has 0 aromatic heterocycles. The molecule has 0 rings (SSSR count). The number of ether oxygens (including phenoxy) is 1. The summed E-state index contributed by atoms with van der Waals surface area (Å²) >= 11 is 0. The Morgan fingerprint density at radius 3 is 2.18 bits per heavy atom. The molecule has 0 radical (unpaired) electrons. The van der Waals surface area contributed by atoms with Gasteiger partial charge in [0.05, 0.1) is 5.60 Å². The predicted octanol–water partition coefficient (Wildman–Crippen LogP) is 1.93. The molecule has 0 amide bonds. The molecule has 0 saturated heterocycles. The van der Waals surface area contributed by atoms with Crippen LogP contribution in [0.15, 0.2) is 0 Å². The Bertz CT molecular complexity index is 106. The minimum atomic E-state index is -0.122. The van der Waals surface area contributed by atoms with E-state index in [0.717, 1.165) is 19.4 Å². The molecule has 0 aromatic carbocycles. The fraction of sp³-hybridized carbons (Fsp3) is 1.00. The standard InChI is InChI=1S/C9H21NO/c1-5-8(10)9(4,6-2)11-7-3/h8H,5-7,10H2,1-4H3/t8-,9?/m1/s1. The van der Waals surface area contributed by atoms with Crippen LogP contribution in [-0.2, 0) is 4.74 Å². The summed E-state index contributed by atoms with van der Waals surface area (Å²) in [4.78, 5) is 0. The van der Waals surface area contributed by atoms with Gasteiger partial charge in [0.2, 0.25) is 0 Å². The molecule has 0 heterocycles. The monoisotopic (exact) mass is 159 g/mol. The highest BCUT2D eigenvalue weighted by Crippen LogP contribution is 2.20. The third-order valence-electron chi connectivity index (χ3n) is 2.40. The second kappa shape index (κ2) is 4.73. The molecule has 0 aromatic rings. The van der Waals surface area contributed by atoms with E-state index >= 15 is 0 Å². The minimum absolute atomic E-state index is 0.122. The topological polar surface area (TPSA) is 35.2 Å². The van der Waals surface area contributed by atoms with Crippen LogP contribution in [0, 0.1) is 0 Å². The van der Waals surface area contributed by atoms with E-state index in [1.54, 1.807) is 0 Å². The molecule has 2 N–H and O–H groups in total. The molecule has 68 valence electrons. The van der Waals surface area contributed by atoms with E-state index < -0.39 is 0 Å². The predicted molar refractivity (Wildman–Crippen MR) is 48.6 cm³/mol. The van der Waals surface area contributed by atoms with Gasteiger partial charge in [0.25, 0.3) is 0 Å². The fourth-order valence-corrected chi connectivity index (χ4v) is 1.23. The molecular weight excluding hydrogens is 138 g/mol. The lowest BCUT2D eigenvalue weighted by Crippen LogP contribution is -2.46. The molecule has 2 nitrogen and oxygen atoms in total. The van der Waals surface area contributed by atoms with Crippen LogP contribution < -0.4 is 5.73 Å². The van der Waals surface area contributed by atoms with E-state index in [1.807, 2.05) is 6.92 Å². The van der Waals surface area contributed by atoms with Gasteiger partial charge in [0, 0.05) is 12.6 Å². The molecule has 1 unspecified atom stereocenters. The summed E-state index contributed by atoms with van der Waals surface area (Å²) in [6, 6.07) is 0.160. The normalized spacial score (nSPS) is 19.4. The van der Waals surface area contributed by atoms with E-state index in [4.69, 9.17) is 10.5 Å². The van der Waals surface area contributed by atoms with E-state index in [1.165, 1.54) is 0 Å². The Morgan fingerprint density at radius 1 is 1.36 bits per heavy atom. The van der Waals surface area contributed by atoms with E-state index in [0.29, 0.717) is 0 Å². The Kier molecular flexibility index (Phi) is 4.69. The van der Waals surface area contributed by atoms with Crippen molar-refractivity contribution in [3.63, 3.8) is 0 Å². The van der Waals surface area contributed by atoms with Gasteiger partial charge in [-0.25, -0.2) is 0 Å². The lowest BCUT2D eigenvalue weighted by Gasteiger charge is -2.33. The molecule has 11 heavy (non-hydrogen) atoms. The SMILES string of the molecule is CCOC(C)(CC)[C@H](N)CC. The van der Waals surface area contributed by atoms with Gasteiger partial charge in [-0.2, -0.15) is 0 Å². The summed E-state index contributed by atoms with van der Waals surface area (Å²) in [5.74, 6) is 0. The second-order valence-corrected chi connectivity index (χ2v) is 3.11. The Hall–Kier alpha value is -0.0800. The van der Waals surface area contributed by atoms with Gasteiger partial charge >= 0.3 is 0 Å². The van der Waals surface area contributed by atoms with Crippen molar-refractivity contribution in [3.05, 3.63) is 0 Å². The lowest BCUT2D eigenvalue weighted by molar-refractivity contribution is -0.0469. The molecule has 0 aliphatic heterocycles. The quantitative estimate of drug-likeness (QED) is 0.665. The van der Waals surface area contributed by atoms with Crippen LogP contribution in [0.3, 0.4) is 0 Å². The highest BCUT2D eigenvalue weighted by Gasteiger charge is 2.28. The largest absolute Gasteiger partial charge is 0.374 e. The third kappa shape index (κ3) is 2.80. The van der Waals surface area contributed by atoms with E-state index in [2.05, 4.69) is 20.8 Å². The average Bonchev–Trinajstić information content (AvgIpc) is 2.03. The smallest absolute Gasteiger partial charge is 0.0801 e. The van der Waals surface area contributed by atoms with Crippen molar-refractivity contribution >= 4 is 0 Å². The van der Waals surface area contributed by atoms with Gasteiger partial charge in [-0.15, -0.1) is 0 Å². The molecule has 0 aliphatic carbocycles. The molecule has 0 spiro atoms. The number of rotatable bonds is 5. The van der Waals surface area contributed by atoms with Crippen molar-refractivity contribution in [2.75, 3.05) is 6.61 Å². The van der Waals surface area contributed by atoms with Crippen LogP contribution in [0.1, 0.15) is 40.5 Å². The Morgan fingerprint density at radius 2 is 1.91 bits per heavy atom. The first-order valence-electron chi connectivity index (χ1n) is 4.50. The molecule has 2 heteroatoms. The first kappa shape index (κ1) is 10.9. The van der Waals surface area contributed by atoms with E-state index in [-0.39, 0.29) is 11.6 Å². The van der Waals surface area contributed by atoms with Crippen molar-refractivity contribution in [2.45, 2.75) is 52.2 Å². The van der Waals surface area contributed by atoms with Crippen LogP contribution in [0.2, 0.25) is 0 Å². The van der Waals surface area contributed by atoms with Crippen molar-refractivity contribution in [1.29, 1.82) is 0 Å². The Labute approximate surface area is 70.1 Å². The van der Waals surface area contributed by atoms with Gasteiger partial charge in [0.15, 0.2) is 0 Å². The van der Waals surface area contributed by atoms with Crippen LogP contribution in [0.4, 0.5) is 0 Å². The van der Waals surface area contributed by atoms with Gasteiger partial charge in [-0.3, -0.25) is 0 Å². The molecule has 0 saturated carbocycles. The summed E-state index contributed by atoms with van der Waals surface area (Å²) in [6.45, 7) is 9.06. The maximum absolute atomic E-state index is 5.92. The highest BCUT2D eigenvalue weighted by atomic mass is 16.5. The zero-order valence-corrected chi connectivity index (χ0v) is 8.18. The zero-order chi connectivity index (χ0) is 8.91. The van der Waals surface area contributed by atoms with Crippen molar-refractivity contribution in [1.82, 2.24) is 0 Å². The maximum atomic E-state index is 5.92. The van der Waals surface area contributed by atoms with Crippen molar-refractivity contribution < 1.29 is 4.74 Å². The molecule has 0 fully saturated rings. The summed E-state index contributed by atoms with van der Waals surface area (Å²) in [7, 11) is 0. The number of hydrogen-bond acceptors (Lipinski definition) is 2. The van der Waals surface area contributed by atoms with Crippen molar-refractivity contribution in [2.24, 2.45) is 5.73 Å². The summed E-state index contributed by atoms with van der Waals surface area (Å²) in [5.41, 5.74) is 5.80. The molecule has 0 bridgehead atoms. The molecule has 2 atom stereocenters. The average molecular weight is 159 g/mol.